The van der Waals surface area contributed by atoms with E-state index in [9.17, 15) is 0 Å². The maximum atomic E-state index is 6.59. The van der Waals surface area contributed by atoms with Crippen LogP contribution in [0.5, 0.6) is 5.75 Å². The molecule has 1 N–H and O–H groups in total. The molecular formula is C26H29N7O2. The summed E-state index contributed by atoms with van der Waals surface area (Å²) < 4.78 is 14.2. The summed E-state index contributed by atoms with van der Waals surface area (Å²) in [5.41, 5.74) is 4.04. The van der Waals surface area contributed by atoms with Crippen LogP contribution in [0.3, 0.4) is 0 Å². The first-order chi connectivity index (χ1) is 17.0. The fourth-order valence-electron chi connectivity index (χ4n) is 5.07. The van der Waals surface area contributed by atoms with Crippen LogP contribution in [0.4, 0.5) is 11.6 Å². The molecule has 0 aliphatic carbocycles. The van der Waals surface area contributed by atoms with E-state index in [0.717, 1.165) is 65.8 Å². The number of rotatable bonds is 5. The van der Waals surface area contributed by atoms with Crippen LogP contribution in [0.1, 0.15) is 24.4 Å². The summed E-state index contributed by atoms with van der Waals surface area (Å²) >= 11 is 0. The standard InChI is InChI=1S/C26H29N7O2/c1-16-8-23(24(13-28-16)35-22-10-20-14-34-15-21(11-22)32(20)3)18-5-7-33-19(9-18)12-26(31-33)30-25-4-6-27-17(2)29-25/h4-9,12-13,20-22H,10-11,14-15H2,1-3H3,(H,27,29,30,31)/t20-,21+,22-. The van der Waals surface area contributed by atoms with Gasteiger partial charge in [0.05, 0.1) is 24.9 Å². The second kappa shape index (κ2) is 8.90. The van der Waals surface area contributed by atoms with E-state index in [1.807, 2.05) is 42.9 Å². The van der Waals surface area contributed by atoms with E-state index in [-0.39, 0.29) is 6.10 Å². The van der Waals surface area contributed by atoms with Gasteiger partial charge in [-0.3, -0.25) is 9.88 Å². The first-order valence-corrected chi connectivity index (χ1v) is 12.0. The highest BCUT2D eigenvalue weighted by Gasteiger charge is 2.38. The van der Waals surface area contributed by atoms with E-state index in [0.29, 0.717) is 17.9 Å². The first kappa shape index (κ1) is 21.9. The Morgan fingerprint density at radius 1 is 1.03 bits per heavy atom. The highest BCUT2D eigenvalue weighted by Crippen LogP contribution is 2.35. The highest BCUT2D eigenvalue weighted by atomic mass is 16.5. The zero-order valence-electron chi connectivity index (χ0n) is 20.2. The molecule has 4 aromatic heterocycles. The summed E-state index contributed by atoms with van der Waals surface area (Å²) in [5, 5.41) is 7.89. The molecule has 0 spiro atoms. The molecule has 2 aliphatic heterocycles. The first-order valence-electron chi connectivity index (χ1n) is 12.0. The number of ether oxygens (including phenoxy) is 2. The van der Waals surface area contributed by atoms with Gasteiger partial charge in [0.25, 0.3) is 0 Å². The van der Waals surface area contributed by atoms with Gasteiger partial charge in [-0.25, -0.2) is 14.5 Å². The van der Waals surface area contributed by atoms with Crippen molar-refractivity contribution >= 4 is 17.2 Å². The molecule has 35 heavy (non-hydrogen) atoms. The number of pyridine rings is 2. The van der Waals surface area contributed by atoms with Crippen molar-refractivity contribution in [1.29, 1.82) is 0 Å². The quantitative estimate of drug-likeness (QED) is 0.470. The van der Waals surface area contributed by atoms with Gasteiger partial charge in [0.1, 0.15) is 23.5 Å². The summed E-state index contributed by atoms with van der Waals surface area (Å²) in [7, 11) is 2.20. The number of likely N-dealkylation sites (N-methyl/N-ethyl adjacent to an activating group) is 1. The lowest BCUT2D eigenvalue weighted by atomic mass is 9.92. The Bertz CT molecular complexity index is 1360. The third-order valence-corrected chi connectivity index (χ3v) is 6.95. The molecule has 180 valence electrons. The van der Waals surface area contributed by atoms with Crippen molar-refractivity contribution in [3.63, 3.8) is 0 Å². The second-order valence-electron chi connectivity index (χ2n) is 9.47. The van der Waals surface area contributed by atoms with Crippen LogP contribution in [0, 0.1) is 13.8 Å². The summed E-state index contributed by atoms with van der Waals surface area (Å²) in [5.74, 6) is 2.97. The SMILES string of the molecule is Cc1cc(-c2ccn3nc(Nc4ccnc(C)n4)cc3c2)c(O[C@H]2C[C@H]3COC[C@@H](C2)N3C)cn1. The van der Waals surface area contributed by atoms with Gasteiger partial charge < -0.3 is 14.8 Å². The number of nitrogens with zero attached hydrogens (tertiary/aromatic N) is 6. The van der Waals surface area contributed by atoms with E-state index in [1.54, 1.807) is 6.20 Å². The van der Waals surface area contributed by atoms with Gasteiger partial charge in [-0.15, -0.1) is 0 Å². The molecule has 2 bridgehead atoms. The van der Waals surface area contributed by atoms with E-state index >= 15 is 0 Å². The normalized spacial score (nSPS) is 22.3. The number of hydrogen-bond acceptors (Lipinski definition) is 8. The van der Waals surface area contributed by atoms with Gasteiger partial charge in [-0.2, -0.15) is 5.10 Å². The average Bonchev–Trinajstić information content (AvgIpc) is 3.22. The smallest absolute Gasteiger partial charge is 0.154 e. The molecule has 2 saturated heterocycles. The monoisotopic (exact) mass is 471 g/mol. The Kier molecular flexibility index (Phi) is 5.58. The van der Waals surface area contributed by atoms with Crippen LogP contribution >= 0.6 is 0 Å². The van der Waals surface area contributed by atoms with Crippen LogP contribution in [-0.2, 0) is 4.74 Å². The van der Waals surface area contributed by atoms with Crippen LogP contribution in [0.15, 0.2) is 48.9 Å². The third kappa shape index (κ3) is 4.44. The minimum Gasteiger partial charge on any atom is -0.488 e. The number of aromatic nitrogens is 5. The molecule has 9 heteroatoms. The highest BCUT2D eigenvalue weighted by molar-refractivity contribution is 5.75. The number of hydrogen-bond donors (Lipinski definition) is 1. The predicted molar refractivity (Wildman–Crippen MR) is 133 cm³/mol. The number of anilines is 2. The molecule has 0 unspecified atom stereocenters. The van der Waals surface area contributed by atoms with E-state index in [1.165, 1.54) is 0 Å². The van der Waals surface area contributed by atoms with Crippen LogP contribution in [0.2, 0.25) is 0 Å². The predicted octanol–water partition coefficient (Wildman–Crippen LogP) is 3.79. The van der Waals surface area contributed by atoms with Gasteiger partial charge >= 0.3 is 0 Å². The molecule has 6 rings (SSSR count). The lowest BCUT2D eigenvalue weighted by Crippen LogP contribution is -2.57. The van der Waals surface area contributed by atoms with Crippen molar-refractivity contribution in [3.05, 3.63) is 60.4 Å². The van der Waals surface area contributed by atoms with Gasteiger partial charge in [0.15, 0.2) is 5.82 Å². The number of aryl methyl sites for hydroxylation is 2. The maximum absolute atomic E-state index is 6.59. The molecule has 6 heterocycles. The molecule has 0 radical (unpaired) electrons. The van der Waals surface area contributed by atoms with Crippen molar-refractivity contribution in [2.75, 3.05) is 25.6 Å². The van der Waals surface area contributed by atoms with Crippen LogP contribution < -0.4 is 10.1 Å². The molecule has 2 fully saturated rings. The lowest BCUT2D eigenvalue weighted by molar-refractivity contribution is -0.0879. The van der Waals surface area contributed by atoms with E-state index < -0.39 is 0 Å². The minimum absolute atomic E-state index is 0.152. The zero-order chi connectivity index (χ0) is 23.9. The largest absolute Gasteiger partial charge is 0.488 e. The summed E-state index contributed by atoms with van der Waals surface area (Å²) in [6.07, 6.45) is 7.63. The van der Waals surface area contributed by atoms with E-state index in [2.05, 4.69) is 55.5 Å². The molecule has 0 saturated carbocycles. The third-order valence-electron chi connectivity index (χ3n) is 6.95. The Labute approximate surface area is 204 Å². The van der Waals surface area contributed by atoms with Gasteiger partial charge in [0, 0.05) is 54.6 Å². The van der Waals surface area contributed by atoms with E-state index in [4.69, 9.17) is 9.47 Å². The number of morpholine rings is 1. The van der Waals surface area contributed by atoms with Gasteiger partial charge in [-0.05, 0) is 50.7 Å². The second-order valence-corrected chi connectivity index (χ2v) is 9.47. The van der Waals surface area contributed by atoms with Crippen molar-refractivity contribution in [2.24, 2.45) is 0 Å². The number of nitrogens with one attached hydrogen (secondary N) is 1. The molecule has 2 aliphatic rings. The summed E-state index contributed by atoms with van der Waals surface area (Å²) in [6, 6.07) is 10.9. The minimum atomic E-state index is 0.152. The summed E-state index contributed by atoms with van der Waals surface area (Å²) in [6.45, 7) is 5.42. The maximum Gasteiger partial charge on any atom is 0.154 e. The Morgan fingerprint density at radius 3 is 2.66 bits per heavy atom. The Balaban J connectivity index is 1.28. The molecule has 3 atom stereocenters. The topological polar surface area (TPSA) is 89.7 Å². The lowest BCUT2D eigenvalue weighted by Gasteiger charge is -2.46. The Hall–Kier alpha value is -3.56. The number of piperidine rings is 1. The Morgan fingerprint density at radius 2 is 1.86 bits per heavy atom. The van der Waals surface area contributed by atoms with Crippen LogP contribution in [-0.4, -0.2) is 67.9 Å². The summed E-state index contributed by atoms with van der Waals surface area (Å²) in [4.78, 5) is 15.5. The number of fused-ring (bicyclic) bond motifs is 3. The van der Waals surface area contributed by atoms with Gasteiger partial charge in [-0.1, -0.05) is 0 Å². The fourth-order valence-corrected chi connectivity index (χ4v) is 5.07. The zero-order valence-corrected chi connectivity index (χ0v) is 20.2. The molecule has 0 aromatic carbocycles. The van der Waals surface area contributed by atoms with Crippen LogP contribution in [0.25, 0.3) is 16.6 Å². The molecule has 0 amide bonds. The van der Waals surface area contributed by atoms with Crippen molar-refractivity contribution < 1.29 is 9.47 Å². The average molecular weight is 472 g/mol. The fraction of sp³-hybridized carbons (Fsp3) is 0.385. The molecule has 4 aromatic rings. The van der Waals surface area contributed by atoms with Crippen molar-refractivity contribution in [1.82, 2.24) is 29.5 Å². The van der Waals surface area contributed by atoms with Crippen molar-refractivity contribution in [2.45, 2.75) is 44.9 Å². The van der Waals surface area contributed by atoms with Crippen molar-refractivity contribution in [3.8, 4) is 16.9 Å². The molecular weight excluding hydrogens is 442 g/mol. The molecule has 9 nitrogen and oxygen atoms in total. The van der Waals surface area contributed by atoms with Gasteiger partial charge in [0.2, 0.25) is 0 Å².